The zero-order valence-corrected chi connectivity index (χ0v) is 12.6. The third-order valence-electron chi connectivity index (χ3n) is 2.91. The first-order valence-electron chi connectivity index (χ1n) is 6.26. The molecule has 2 atom stereocenters. The van der Waals surface area contributed by atoms with Gasteiger partial charge in [-0.3, -0.25) is 9.59 Å². The van der Waals surface area contributed by atoms with Gasteiger partial charge in [-0.15, -0.1) is 0 Å². The molecule has 0 heterocycles. The average Bonchev–Trinajstić information content (AvgIpc) is 2.45. The van der Waals surface area contributed by atoms with Crippen molar-refractivity contribution in [1.29, 1.82) is 0 Å². The Morgan fingerprint density at radius 3 is 2.62 bits per heavy atom. The molecule has 2 unspecified atom stereocenters. The zero-order chi connectivity index (χ0) is 16.0. The van der Waals surface area contributed by atoms with Gasteiger partial charge in [-0.2, -0.15) is 0 Å². The van der Waals surface area contributed by atoms with Gasteiger partial charge in [-0.05, 0) is 24.1 Å². The highest BCUT2D eigenvalue weighted by molar-refractivity contribution is 8.13. The van der Waals surface area contributed by atoms with Crippen LogP contribution in [0.4, 0.5) is 0 Å². The van der Waals surface area contributed by atoms with Crippen molar-refractivity contribution >= 4 is 23.2 Å². The number of thioether (sulfide) groups is 1. The van der Waals surface area contributed by atoms with Crippen LogP contribution in [0.3, 0.4) is 0 Å². The minimum absolute atomic E-state index is 0.0686. The molecule has 0 saturated carbocycles. The summed E-state index contributed by atoms with van der Waals surface area (Å²) in [5.41, 5.74) is 0.235. The maximum Gasteiger partial charge on any atom is 0.185 e. The molecule has 1 rings (SSSR count). The maximum absolute atomic E-state index is 11.0. The van der Waals surface area contributed by atoms with E-state index in [9.17, 15) is 24.9 Å². The maximum atomic E-state index is 11.0. The zero-order valence-electron chi connectivity index (χ0n) is 11.8. The number of hydrogen-bond donors (Lipinski definition) is 3. The van der Waals surface area contributed by atoms with Crippen molar-refractivity contribution in [2.45, 2.75) is 25.6 Å². The lowest BCUT2D eigenvalue weighted by Crippen LogP contribution is -2.20. The van der Waals surface area contributed by atoms with Gasteiger partial charge >= 0.3 is 0 Å². The smallest absolute Gasteiger partial charge is 0.185 e. The molecule has 0 amide bonds. The third kappa shape index (κ3) is 4.73. The summed E-state index contributed by atoms with van der Waals surface area (Å²) in [4.78, 5) is 21.8. The molecule has 0 aliphatic heterocycles. The standard InChI is InChI=1S/C14H18O6S/c1-8(16)21-4-3-11(17)14(19)10-6-13(20-2)12(18)5-9(10)7-15/h5-7,11,14,17-19H,3-4H2,1-2H3. The van der Waals surface area contributed by atoms with E-state index in [0.29, 0.717) is 12.0 Å². The molecule has 7 heteroatoms. The molecule has 0 saturated heterocycles. The Labute approximate surface area is 126 Å². The van der Waals surface area contributed by atoms with Gasteiger partial charge in [0.2, 0.25) is 0 Å². The van der Waals surface area contributed by atoms with Crippen molar-refractivity contribution < 1.29 is 29.6 Å². The fraction of sp³-hybridized carbons (Fsp3) is 0.429. The summed E-state index contributed by atoms with van der Waals surface area (Å²) in [6.45, 7) is 1.42. The van der Waals surface area contributed by atoms with Crippen LogP contribution in [-0.2, 0) is 4.79 Å². The number of ether oxygens (including phenoxy) is 1. The van der Waals surface area contributed by atoms with Crippen molar-refractivity contribution in [2.75, 3.05) is 12.9 Å². The lowest BCUT2D eigenvalue weighted by atomic mass is 9.97. The van der Waals surface area contributed by atoms with E-state index < -0.39 is 12.2 Å². The predicted molar refractivity (Wildman–Crippen MR) is 78.8 cm³/mol. The molecule has 0 aliphatic rings. The van der Waals surface area contributed by atoms with E-state index in [1.54, 1.807) is 0 Å². The summed E-state index contributed by atoms with van der Waals surface area (Å²) in [6.07, 6.45) is -1.78. The molecule has 3 N–H and O–H groups in total. The van der Waals surface area contributed by atoms with Gasteiger partial charge < -0.3 is 20.1 Å². The fourth-order valence-electron chi connectivity index (χ4n) is 1.81. The van der Waals surface area contributed by atoms with Crippen LogP contribution >= 0.6 is 11.8 Å². The highest BCUT2D eigenvalue weighted by Gasteiger charge is 2.23. The second kappa shape index (κ2) is 8.02. The Kier molecular flexibility index (Phi) is 6.67. The molecule has 116 valence electrons. The summed E-state index contributed by atoms with van der Waals surface area (Å²) in [7, 11) is 1.34. The van der Waals surface area contributed by atoms with Crippen LogP contribution in [-0.4, -0.2) is 45.7 Å². The van der Waals surface area contributed by atoms with E-state index in [4.69, 9.17) is 4.74 Å². The Morgan fingerprint density at radius 1 is 1.43 bits per heavy atom. The molecule has 21 heavy (non-hydrogen) atoms. The van der Waals surface area contributed by atoms with Gasteiger partial charge in [0.15, 0.2) is 22.9 Å². The second-order valence-electron chi connectivity index (χ2n) is 4.41. The number of carbonyl (C=O) groups excluding carboxylic acids is 2. The molecule has 0 aliphatic carbocycles. The number of hydrogen-bond acceptors (Lipinski definition) is 7. The summed E-state index contributed by atoms with van der Waals surface area (Å²) in [6, 6.07) is 2.48. The molecule has 0 spiro atoms. The van der Waals surface area contributed by atoms with Crippen molar-refractivity contribution in [3.8, 4) is 11.5 Å². The topological polar surface area (TPSA) is 104 Å². The summed E-state index contributed by atoms with van der Waals surface area (Å²) >= 11 is 1.05. The number of aldehydes is 1. The predicted octanol–water partition coefficient (Wildman–Crippen LogP) is 1.28. The second-order valence-corrected chi connectivity index (χ2v) is 5.68. The fourth-order valence-corrected chi connectivity index (χ4v) is 2.46. The van der Waals surface area contributed by atoms with Crippen molar-refractivity contribution in [3.63, 3.8) is 0 Å². The van der Waals surface area contributed by atoms with Gasteiger partial charge in [0.1, 0.15) is 6.10 Å². The molecular weight excluding hydrogens is 296 g/mol. The minimum Gasteiger partial charge on any atom is -0.504 e. The molecule has 0 fully saturated rings. The summed E-state index contributed by atoms with van der Waals surface area (Å²) in [5, 5.41) is 29.6. The molecule has 6 nitrogen and oxygen atoms in total. The number of aliphatic hydroxyl groups is 2. The van der Waals surface area contributed by atoms with Gasteiger partial charge in [0.05, 0.1) is 13.2 Å². The quantitative estimate of drug-likeness (QED) is 0.651. The number of benzene rings is 1. The number of rotatable bonds is 7. The molecule has 1 aromatic carbocycles. The highest BCUT2D eigenvalue weighted by atomic mass is 32.2. The van der Waals surface area contributed by atoms with E-state index in [0.717, 1.165) is 11.8 Å². The van der Waals surface area contributed by atoms with E-state index in [1.165, 1.54) is 26.2 Å². The monoisotopic (exact) mass is 314 g/mol. The van der Waals surface area contributed by atoms with Gasteiger partial charge in [-0.25, -0.2) is 0 Å². The highest BCUT2D eigenvalue weighted by Crippen LogP contribution is 2.33. The molecule has 0 radical (unpaired) electrons. The number of aliphatic hydroxyl groups excluding tert-OH is 2. The van der Waals surface area contributed by atoms with Crippen LogP contribution in [0.2, 0.25) is 0 Å². The van der Waals surface area contributed by atoms with E-state index in [2.05, 4.69) is 0 Å². The Morgan fingerprint density at radius 2 is 2.10 bits per heavy atom. The van der Waals surface area contributed by atoms with Gasteiger partial charge in [0, 0.05) is 18.2 Å². The molecule has 0 aromatic heterocycles. The summed E-state index contributed by atoms with van der Waals surface area (Å²) in [5.74, 6) is 0.233. The van der Waals surface area contributed by atoms with Crippen LogP contribution in [0.1, 0.15) is 35.4 Å². The first-order chi connectivity index (χ1) is 9.90. The van der Waals surface area contributed by atoms with Gasteiger partial charge in [-0.1, -0.05) is 11.8 Å². The lowest BCUT2D eigenvalue weighted by molar-refractivity contribution is -0.109. The third-order valence-corrected chi connectivity index (χ3v) is 3.76. The summed E-state index contributed by atoms with van der Waals surface area (Å²) < 4.78 is 4.92. The number of methoxy groups -OCH3 is 1. The molecule has 1 aromatic rings. The largest absolute Gasteiger partial charge is 0.504 e. The van der Waals surface area contributed by atoms with E-state index in [-0.39, 0.29) is 34.2 Å². The van der Waals surface area contributed by atoms with Crippen LogP contribution in [0.5, 0.6) is 11.5 Å². The van der Waals surface area contributed by atoms with Crippen LogP contribution in [0.25, 0.3) is 0 Å². The van der Waals surface area contributed by atoms with Crippen LogP contribution < -0.4 is 4.74 Å². The molecular formula is C14H18O6S. The SMILES string of the molecule is COc1cc(C(O)C(O)CCSC(C)=O)c(C=O)cc1O. The number of phenols is 1. The first-order valence-corrected chi connectivity index (χ1v) is 7.24. The van der Waals surface area contributed by atoms with Crippen molar-refractivity contribution in [1.82, 2.24) is 0 Å². The van der Waals surface area contributed by atoms with E-state index in [1.807, 2.05) is 0 Å². The van der Waals surface area contributed by atoms with Crippen molar-refractivity contribution in [3.05, 3.63) is 23.3 Å². The van der Waals surface area contributed by atoms with Crippen molar-refractivity contribution in [2.24, 2.45) is 0 Å². The Hall–Kier alpha value is -1.57. The Bertz CT molecular complexity index is 516. The number of aromatic hydroxyl groups is 1. The lowest BCUT2D eigenvalue weighted by Gasteiger charge is -2.20. The first kappa shape index (κ1) is 17.5. The van der Waals surface area contributed by atoms with Crippen LogP contribution in [0, 0.1) is 0 Å². The number of phenolic OH excluding ortho intramolecular Hbond substituents is 1. The normalized spacial score (nSPS) is 13.5. The number of carbonyl (C=O) groups is 2. The average molecular weight is 314 g/mol. The van der Waals surface area contributed by atoms with Gasteiger partial charge in [0.25, 0.3) is 0 Å². The minimum atomic E-state index is -1.31. The molecule has 0 bridgehead atoms. The van der Waals surface area contributed by atoms with E-state index >= 15 is 0 Å². The Balaban J connectivity index is 2.91. The van der Waals surface area contributed by atoms with Crippen LogP contribution in [0.15, 0.2) is 12.1 Å².